The Bertz CT molecular complexity index is 895. The van der Waals surface area contributed by atoms with Crippen LogP contribution >= 0.6 is 0 Å². The molecule has 4 amide bonds. The molecule has 0 saturated carbocycles. The molecule has 2 aromatic rings. The van der Waals surface area contributed by atoms with Crippen molar-refractivity contribution in [1.82, 2.24) is 10.2 Å². The van der Waals surface area contributed by atoms with Crippen LogP contribution in [-0.2, 0) is 0 Å². The Labute approximate surface area is 182 Å². The van der Waals surface area contributed by atoms with Gasteiger partial charge in [-0.3, -0.25) is 0 Å². The molecule has 3 N–H and O–H groups in total. The first kappa shape index (κ1) is 22.1. The monoisotopic (exact) mass is 427 g/mol. The summed E-state index contributed by atoms with van der Waals surface area (Å²) in [5.41, 5.74) is 2.27. The molecular weight excluding hydrogens is 398 g/mol. The zero-order valence-electron chi connectivity index (χ0n) is 18.1. The van der Waals surface area contributed by atoms with Crippen LogP contribution in [0.25, 0.3) is 0 Å². The van der Waals surface area contributed by atoms with Gasteiger partial charge in [-0.05, 0) is 43.3 Å². The Kier molecular flexibility index (Phi) is 7.42. The predicted molar refractivity (Wildman–Crippen MR) is 121 cm³/mol. The maximum absolute atomic E-state index is 12.4. The number of ether oxygens (including phenoxy) is 2. The predicted octanol–water partition coefficient (Wildman–Crippen LogP) is 3.20. The zero-order valence-corrected chi connectivity index (χ0v) is 18.1. The summed E-state index contributed by atoms with van der Waals surface area (Å²) < 4.78 is 10.5. The number of urea groups is 2. The van der Waals surface area contributed by atoms with Crippen LogP contribution < -0.4 is 30.3 Å². The van der Waals surface area contributed by atoms with E-state index in [0.29, 0.717) is 42.5 Å². The average molecular weight is 428 g/mol. The molecule has 0 unspecified atom stereocenters. The van der Waals surface area contributed by atoms with E-state index in [1.165, 1.54) is 7.11 Å². The molecule has 1 aliphatic rings. The normalized spacial score (nSPS) is 13.4. The lowest BCUT2D eigenvalue weighted by atomic mass is 10.2. The molecule has 1 heterocycles. The van der Waals surface area contributed by atoms with Gasteiger partial charge in [0.2, 0.25) is 0 Å². The number of piperazine rings is 1. The third-order valence-corrected chi connectivity index (χ3v) is 5.04. The summed E-state index contributed by atoms with van der Waals surface area (Å²) in [7, 11) is 3.11. The summed E-state index contributed by atoms with van der Waals surface area (Å²) in [5.74, 6) is 1.15. The fourth-order valence-corrected chi connectivity index (χ4v) is 3.37. The SMILES string of the molecule is CCNC(=O)N1CCN(c2ccc(NC(=O)Nc3ccc(OC)cc3OC)cc2)CC1. The van der Waals surface area contributed by atoms with E-state index in [0.717, 1.165) is 18.8 Å². The summed E-state index contributed by atoms with van der Waals surface area (Å²) in [6.45, 7) is 5.43. The molecule has 166 valence electrons. The molecule has 0 bridgehead atoms. The van der Waals surface area contributed by atoms with E-state index in [1.54, 1.807) is 25.3 Å². The fourth-order valence-electron chi connectivity index (χ4n) is 3.37. The maximum Gasteiger partial charge on any atom is 0.323 e. The lowest BCUT2D eigenvalue weighted by Gasteiger charge is -2.36. The summed E-state index contributed by atoms with van der Waals surface area (Å²) in [6, 6.07) is 12.4. The number of rotatable bonds is 6. The van der Waals surface area contributed by atoms with Gasteiger partial charge in [-0.15, -0.1) is 0 Å². The van der Waals surface area contributed by atoms with Crippen molar-refractivity contribution in [1.29, 1.82) is 0 Å². The Morgan fingerprint density at radius 1 is 0.935 bits per heavy atom. The number of hydrogen-bond acceptors (Lipinski definition) is 5. The van der Waals surface area contributed by atoms with Gasteiger partial charge in [0.05, 0.1) is 19.9 Å². The molecule has 2 aromatic carbocycles. The summed E-state index contributed by atoms with van der Waals surface area (Å²) in [4.78, 5) is 28.4. The van der Waals surface area contributed by atoms with Crippen LogP contribution in [0.4, 0.5) is 26.7 Å². The quantitative estimate of drug-likeness (QED) is 0.658. The highest BCUT2D eigenvalue weighted by atomic mass is 16.5. The second-order valence-electron chi connectivity index (χ2n) is 7.00. The van der Waals surface area contributed by atoms with Gasteiger partial charge in [0.1, 0.15) is 11.5 Å². The third kappa shape index (κ3) is 5.71. The number of nitrogens with one attached hydrogen (secondary N) is 3. The highest BCUT2D eigenvalue weighted by molar-refractivity contribution is 6.00. The van der Waals surface area contributed by atoms with Gasteiger partial charge in [-0.2, -0.15) is 0 Å². The number of hydrogen-bond donors (Lipinski definition) is 3. The van der Waals surface area contributed by atoms with Crippen molar-refractivity contribution in [3.8, 4) is 11.5 Å². The molecule has 9 nitrogen and oxygen atoms in total. The Balaban J connectivity index is 1.54. The molecule has 31 heavy (non-hydrogen) atoms. The van der Waals surface area contributed by atoms with Crippen molar-refractivity contribution in [2.24, 2.45) is 0 Å². The van der Waals surface area contributed by atoms with Crippen LogP contribution in [0.15, 0.2) is 42.5 Å². The first-order valence-electron chi connectivity index (χ1n) is 10.2. The number of carbonyl (C=O) groups excluding carboxylic acids is 2. The first-order valence-corrected chi connectivity index (χ1v) is 10.2. The van der Waals surface area contributed by atoms with Crippen LogP contribution in [0.3, 0.4) is 0 Å². The van der Waals surface area contributed by atoms with Crippen molar-refractivity contribution >= 4 is 29.1 Å². The molecular formula is C22H29N5O4. The lowest BCUT2D eigenvalue weighted by molar-refractivity contribution is 0.195. The fraction of sp³-hybridized carbons (Fsp3) is 0.364. The maximum atomic E-state index is 12.4. The van der Waals surface area contributed by atoms with E-state index in [1.807, 2.05) is 36.1 Å². The van der Waals surface area contributed by atoms with Gasteiger partial charge in [-0.25, -0.2) is 9.59 Å². The molecule has 0 aliphatic carbocycles. The smallest absolute Gasteiger partial charge is 0.323 e. The van der Waals surface area contributed by atoms with E-state index in [-0.39, 0.29) is 12.1 Å². The zero-order chi connectivity index (χ0) is 22.2. The standard InChI is InChI=1S/C22H29N5O4/c1-4-23-22(29)27-13-11-26(12-14-27)17-7-5-16(6-8-17)24-21(28)25-19-10-9-18(30-2)15-20(19)31-3/h5-10,15H,4,11-14H2,1-3H3,(H,23,29)(H2,24,25,28). The summed E-state index contributed by atoms with van der Waals surface area (Å²) in [6.07, 6.45) is 0. The van der Waals surface area contributed by atoms with Gasteiger partial charge < -0.3 is 35.2 Å². The Morgan fingerprint density at radius 3 is 2.26 bits per heavy atom. The first-order chi connectivity index (χ1) is 15.0. The number of nitrogens with zero attached hydrogens (tertiary/aromatic N) is 2. The Hall–Kier alpha value is -3.62. The highest BCUT2D eigenvalue weighted by Crippen LogP contribution is 2.29. The van der Waals surface area contributed by atoms with Crippen molar-refractivity contribution in [2.45, 2.75) is 6.92 Å². The van der Waals surface area contributed by atoms with Crippen LogP contribution in [0.2, 0.25) is 0 Å². The van der Waals surface area contributed by atoms with Crippen molar-refractivity contribution in [2.75, 3.05) is 62.5 Å². The van der Waals surface area contributed by atoms with Crippen molar-refractivity contribution in [3.05, 3.63) is 42.5 Å². The molecule has 9 heteroatoms. The molecule has 0 aromatic heterocycles. The Morgan fingerprint density at radius 2 is 1.65 bits per heavy atom. The van der Waals surface area contributed by atoms with E-state index < -0.39 is 0 Å². The minimum absolute atomic E-state index is 0.0128. The van der Waals surface area contributed by atoms with Gasteiger partial charge in [-0.1, -0.05) is 0 Å². The molecule has 0 radical (unpaired) electrons. The molecule has 1 aliphatic heterocycles. The number of methoxy groups -OCH3 is 2. The molecule has 1 saturated heterocycles. The van der Waals surface area contributed by atoms with E-state index in [9.17, 15) is 9.59 Å². The second kappa shape index (κ2) is 10.4. The largest absolute Gasteiger partial charge is 0.497 e. The topological polar surface area (TPSA) is 95.2 Å². The minimum Gasteiger partial charge on any atom is -0.497 e. The highest BCUT2D eigenvalue weighted by Gasteiger charge is 2.20. The minimum atomic E-state index is -0.369. The van der Waals surface area contributed by atoms with Crippen molar-refractivity contribution in [3.63, 3.8) is 0 Å². The summed E-state index contributed by atoms with van der Waals surface area (Å²) >= 11 is 0. The van der Waals surface area contributed by atoms with Gasteiger partial charge in [0.25, 0.3) is 0 Å². The van der Waals surface area contributed by atoms with E-state index in [2.05, 4.69) is 20.9 Å². The molecule has 3 rings (SSSR count). The summed E-state index contributed by atoms with van der Waals surface area (Å²) in [5, 5.41) is 8.43. The third-order valence-electron chi connectivity index (χ3n) is 5.04. The van der Waals surface area contributed by atoms with E-state index in [4.69, 9.17) is 9.47 Å². The van der Waals surface area contributed by atoms with Crippen LogP contribution in [0, 0.1) is 0 Å². The van der Waals surface area contributed by atoms with E-state index >= 15 is 0 Å². The molecule has 0 spiro atoms. The van der Waals surface area contributed by atoms with Crippen LogP contribution in [0.1, 0.15) is 6.92 Å². The number of anilines is 3. The second-order valence-corrected chi connectivity index (χ2v) is 7.00. The number of amides is 4. The van der Waals surface area contributed by atoms with Crippen LogP contribution in [0.5, 0.6) is 11.5 Å². The number of benzene rings is 2. The van der Waals surface area contributed by atoms with Gasteiger partial charge in [0, 0.05) is 50.2 Å². The number of carbonyl (C=O) groups is 2. The van der Waals surface area contributed by atoms with Gasteiger partial charge in [0.15, 0.2) is 0 Å². The van der Waals surface area contributed by atoms with Crippen molar-refractivity contribution < 1.29 is 19.1 Å². The lowest BCUT2D eigenvalue weighted by Crippen LogP contribution is -2.51. The average Bonchev–Trinajstić information content (AvgIpc) is 2.80. The molecule has 0 atom stereocenters. The molecule has 1 fully saturated rings. The van der Waals surface area contributed by atoms with Crippen LogP contribution in [-0.4, -0.2) is 63.9 Å². The van der Waals surface area contributed by atoms with Gasteiger partial charge >= 0.3 is 12.1 Å².